The molecule has 1 unspecified atom stereocenters. The zero-order valence-corrected chi connectivity index (χ0v) is 10.9. The zero-order chi connectivity index (χ0) is 13.3. The van der Waals surface area contributed by atoms with E-state index in [1.165, 1.54) is 0 Å². The Labute approximate surface area is 107 Å². The molecule has 2 fully saturated rings. The summed E-state index contributed by atoms with van der Waals surface area (Å²) in [5, 5.41) is 9.32. The van der Waals surface area contributed by atoms with Gasteiger partial charge >= 0.3 is 5.97 Å². The maximum Gasteiger partial charge on any atom is 0.329 e. The SMILES string of the molecule is CC1(C(=O)O)CCCN1C(=O)C1CCC(N)CC1. The van der Waals surface area contributed by atoms with Crippen molar-refractivity contribution in [1.82, 2.24) is 4.90 Å². The average molecular weight is 254 g/mol. The molecule has 18 heavy (non-hydrogen) atoms. The number of likely N-dealkylation sites (tertiary alicyclic amines) is 1. The Hall–Kier alpha value is -1.10. The van der Waals surface area contributed by atoms with Gasteiger partial charge in [-0.25, -0.2) is 4.79 Å². The van der Waals surface area contributed by atoms with Gasteiger partial charge in [0.2, 0.25) is 5.91 Å². The van der Waals surface area contributed by atoms with Crippen LogP contribution in [0, 0.1) is 5.92 Å². The molecule has 1 atom stereocenters. The van der Waals surface area contributed by atoms with Crippen molar-refractivity contribution in [3.63, 3.8) is 0 Å². The Bertz CT molecular complexity index is 350. The molecule has 0 aromatic rings. The van der Waals surface area contributed by atoms with E-state index in [2.05, 4.69) is 0 Å². The predicted molar refractivity (Wildman–Crippen MR) is 66.9 cm³/mol. The van der Waals surface area contributed by atoms with Crippen molar-refractivity contribution >= 4 is 11.9 Å². The highest BCUT2D eigenvalue weighted by Gasteiger charge is 2.47. The van der Waals surface area contributed by atoms with Crippen molar-refractivity contribution in [2.24, 2.45) is 11.7 Å². The van der Waals surface area contributed by atoms with Gasteiger partial charge in [-0.05, 0) is 45.4 Å². The summed E-state index contributed by atoms with van der Waals surface area (Å²) in [6.45, 7) is 2.24. The molecule has 0 aromatic heterocycles. The number of hydrogen-bond acceptors (Lipinski definition) is 3. The van der Waals surface area contributed by atoms with Crippen LogP contribution in [0.3, 0.4) is 0 Å². The number of aliphatic carboxylic acids is 1. The van der Waals surface area contributed by atoms with E-state index in [0.29, 0.717) is 13.0 Å². The van der Waals surface area contributed by atoms with E-state index < -0.39 is 11.5 Å². The van der Waals surface area contributed by atoms with E-state index in [4.69, 9.17) is 5.73 Å². The Balaban J connectivity index is 2.06. The minimum absolute atomic E-state index is 0.0179. The van der Waals surface area contributed by atoms with Crippen LogP contribution >= 0.6 is 0 Å². The summed E-state index contributed by atoms with van der Waals surface area (Å²) < 4.78 is 0. The lowest BCUT2D eigenvalue weighted by Gasteiger charge is -2.35. The van der Waals surface area contributed by atoms with Crippen molar-refractivity contribution < 1.29 is 14.7 Å². The molecule has 1 saturated carbocycles. The number of rotatable bonds is 2. The standard InChI is InChI=1S/C13H22N2O3/c1-13(12(17)18)7-2-8-15(13)11(16)9-3-5-10(14)6-4-9/h9-10H,2-8,14H2,1H3,(H,17,18). The monoisotopic (exact) mass is 254 g/mol. The number of hydrogen-bond donors (Lipinski definition) is 2. The fourth-order valence-electron chi connectivity index (χ4n) is 3.13. The Morgan fingerprint density at radius 1 is 1.28 bits per heavy atom. The zero-order valence-electron chi connectivity index (χ0n) is 10.9. The molecule has 102 valence electrons. The smallest absolute Gasteiger partial charge is 0.329 e. The van der Waals surface area contributed by atoms with Gasteiger partial charge in [-0.2, -0.15) is 0 Å². The molecular weight excluding hydrogens is 232 g/mol. The normalized spacial score (nSPS) is 36.7. The number of carbonyl (C=O) groups is 2. The fraction of sp³-hybridized carbons (Fsp3) is 0.846. The van der Waals surface area contributed by atoms with Crippen LogP contribution in [0.15, 0.2) is 0 Å². The third-order valence-electron chi connectivity index (χ3n) is 4.49. The van der Waals surface area contributed by atoms with Crippen molar-refractivity contribution in [1.29, 1.82) is 0 Å². The van der Waals surface area contributed by atoms with Crippen LogP contribution in [0.25, 0.3) is 0 Å². The second kappa shape index (κ2) is 4.88. The maximum absolute atomic E-state index is 12.4. The van der Waals surface area contributed by atoms with Gasteiger partial charge in [0, 0.05) is 18.5 Å². The molecule has 2 aliphatic rings. The molecule has 2 rings (SSSR count). The van der Waals surface area contributed by atoms with E-state index in [0.717, 1.165) is 32.1 Å². The van der Waals surface area contributed by atoms with Gasteiger partial charge in [-0.3, -0.25) is 4.79 Å². The minimum atomic E-state index is -1.00. The van der Waals surface area contributed by atoms with Crippen molar-refractivity contribution in [3.8, 4) is 0 Å². The molecule has 5 heteroatoms. The van der Waals surface area contributed by atoms with Gasteiger partial charge < -0.3 is 15.7 Å². The summed E-state index contributed by atoms with van der Waals surface area (Å²) in [6.07, 6.45) is 4.67. The van der Waals surface area contributed by atoms with Crippen molar-refractivity contribution in [3.05, 3.63) is 0 Å². The number of carboxylic acid groups (broad SMARTS) is 1. The molecule has 3 N–H and O–H groups in total. The van der Waals surface area contributed by atoms with Gasteiger partial charge in [0.1, 0.15) is 5.54 Å². The summed E-state index contributed by atoms with van der Waals surface area (Å²) in [5.74, 6) is -0.897. The molecule has 1 saturated heterocycles. The predicted octanol–water partition coefficient (Wildman–Crippen LogP) is 0.970. The second-order valence-corrected chi connectivity index (χ2v) is 5.78. The Morgan fingerprint density at radius 3 is 2.44 bits per heavy atom. The van der Waals surface area contributed by atoms with Gasteiger partial charge in [0.25, 0.3) is 0 Å². The number of nitrogens with zero attached hydrogens (tertiary/aromatic N) is 1. The van der Waals surface area contributed by atoms with Gasteiger partial charge in [0.05, 0.1) is 0 Å². The number of carbonyl (C=O) groups excluding carboxylic acids is 1. The van der Waals surface area contributed by atoms with Crippen molar-refractivity contribution in [2.75, 3.05) is 6.54 Å². The minimum Gasteiger partial charge on any atom is -0.480 e. The summed E-state index contributed by atoms with van der Waals surface area (Å²) in [6, 6.07) is 0.207. The Morgan fingerprint density at radius 2 is 1.89 bits per heavy atom. The largest absolute Gasteiger partial charge is 0.480 e. The number of amides is 1. The number of carboxylic acids is 1. The van der Waals surface area contributed by atoms with Gasteiger partial charge in [0.15, 0.2) is 0 Å². The first-order valence-corrected chi connectivity index (χ1v) is 6.75. The van der Waals surface area contributed by atoms with Gasteiger partial charge in [-0.1, -0.05) is 0 Å². The molecular formula is C13H22N2O3. The molecule has 0 bridgehead atoms. The van der Waals surface area contributed by atoms with E-state index in [9.17, 15) is 14.7 Å². The second-order valence-electron chi connectivity index (χ2n) is 5.78. The van der Waals surface area contributed by atoms with Crippen molar-refractivity contribution in [2.45, 2.75) is 57.0 Å². The summed E-state index contributed by atoms with van der Waals surface area (Å²) in [5.41, 5.74) is 4.83. The maximum atomic E-state index is 12.4. The van der Waals surface area contributed by atoms with Crippen LogP contribution in [0.1, 0.15) is 45.4 Å². The molecule has 0 radical (unpaired) electrons. The summed E-state index contributed by atoms with van der Waals surface area (Å²) in [4.78, 5) is 25.4. The lowest BCUT2D eigenvalue weighted by atomic mass is 9.85. The van der Waals surface area contributed by atoms with Crippen LogP contribution in [-0.2, 0) is 9.59 Å². The quantitative estimate of drug-likeness (QED) is 0.769. The molecule has 1 amide bonds. The van der Waals surface area contributed by atoms with E-state index in [1.54, 1.807) is 11.8 Å². The first kappa shape index (κ1) is 13.3. The molecule has 1 aliphatic heterocycles. The number of nitrogens with two attached hydrogens (primary N) is 1. The average Bonchev–Trinajstić information content (AvgIpc) is 2.73. The summed E-state index contributed by atoms with van der Waals surface area (Å²) >= 11 is 0. The van der Waals surface area contributed by atoms with Gasteiger partial charge in [-0.15, -0.1) is 0 Å². The highest BCUT2D eigenvalue weighted by Crippen LogP contribution is 2.34. The molecule has 0 spiro atoms. The first-order chi connectivity index (χ1) is 8.45. The highest BCUT2D eigenvalue weighted by molar-refractivity contribution is 5.88. The lowest BCUT2D eigenvalue weighted by molar-refractivity contribution is -0.157. The lowest BCUT2D eigenvalue weighted by Crippen LogP contribution is -2.53. The summed E-state index contributed by atoms with van der Waals surface area (Å²) in [7, 11) is 0. The van der Waals surface area contributed by atoms with E-state index in [-0.39, 0.29) is 17.9 Å². The van der Waals surface area contributed by atoms with Crippen LogP contribution in [-0.4, -0.2) is 40.0 Å². The third-order valence-corrected chi connectivity index (χ3v) is 4.49. The molecule has 5 nitrogen and oxygen atoms in total. The van der Waals surface area contributed by atoms with Crippen LogP contribution in [0.2, 0.25) is 0 Å². The van der Waals surface area contributed by atoms with Crippen LogP contribution in [0.4, 0.5) is 0 Å². The molecule has 0 aromatic carbocycles. The van der Waals surface area contributed by atoms with E-state index in [1.807, 2.05) is 0 Å². The van der Waals surface area contributed by atoms with E-state index >= 15 is 0 Å². The molecule has 1 aliphatic carbocycles. The topological polar surface area (TPSA) is 83.6 Å². The highest BCUT2D eigenvalue weighted by atomic mass is 16.4. The third kappa shape index (κ3) is 2.23. The Kier molecular flexibility index (Phi) is 3.61. The molecule has 1 heterocycles. The van der Waals surface area contributed by atoms with Crippen LogP contribution < -0.4 is 5.73 Å². The fourth-order valence-corrected chi connectivity index (χ4v) is 3.13. The first-order valence-electron chi connectivity index (χ1n) is 6.75. The van der Waals surface area contributed by atoms with Crippen LogP contribution in [0.5, 0.6) is 0 Å².